The predicted molar refractivity (Wildman–Crippen MR) is 109 cm³/mol. The largest absolute Gasteiger partial charge is 0.506 e. The highest BCUT2D eigenvalue weighted by molar-refractivity contribution is 6.32. The quantitative estimate of drug-likeness (QED) is 0.785. The van der Waals surface area contributed by atoms with Crippen LogP contribution in [0.5, 0.6) is 5.75 Å². The van der Waals surface area contributed by atoms with Gasteiger partial charge in [-0.15, -0.1) is 0 Å². The highest BCUT2D eigenvalue weighted by Gasteiger charge is 2.26. The van der Waals surface area contributed by atoms with E-state index in [1.807, 2.05) is 22.9 Å². The van der Waals surface area contributed by atoms with Crippen molar-refractivity contribution >= 4 is 23.3 Å². The molecule has 1 aromatic heterocycles. The van der Waals surface area contributed by atoms with E-state index < -0.39 is 0 Å². The van der Waals surface area contributed by atoms with Crippen molar-refractivity contribution in [3.63, 3.8) is 0 Å². The Morgan fingerprint density at radius 2 is 1.93 bits per heavy atom. The number of benzene rings is 1. The highest BCUT2D eigenvalue weighted by Crippen LogP contribution is 2.30. The van der Waals surface area contributed by atoms with Crippen molar-refractivity contribution in [3.8, 4) is 5.75 Å². The van der Waals surface area contributed by atoms with Crippen LogP contribution in [0.25, 0.3) is 0 Å². The lowest BCUT2D eigenvalue weighted by molar-refractivity contribution is -0.119. The number of aromatic hydroxyl groups is 1. The third kappa shape index (κ3) is 4.33. The molecular formula is C21H27ClN4O2. The van der Waals surface area contributed by atoms with Crippen LogP contribution < -0.4 is 5.32 Å². The number of hydrogen-bond acceptors (Lipinski definition) is 4. The van der Waals surface area contributed by atoms with Crippen molar-refractivity contribution in [3.05, 3.63) is 41.0 Å². The Morgan fingerprint density at radius 3 is 2.64 bits per heavy atom. The van der Waals surface area contributed by atoms with Crippen molar-refractivity contribution in [2.24, 2.45) is 5.92 Å². The first-order valence-corrected chi connectivity index (χ1v) is 10.5. The van der Waals surface area contributed by atoms with Gasteiger partial charge in [0.15, 0.2) is 0 Å². The zero-order valence-corrected chi connectivity index (χ0v) is 16.7. The molecule has 2 fully saturated rings. The first-order valence-electron chi connectivity index (χ1n) is 10.1. The summed E-state index contributed by atoms with van der Waals surface area (Å²) >= 11 is 6.01. The number of piperidine rings is 1. The number of hydrogen-bond donors (Lipinski definition) is 2. The van der Waals surface area contributed by atoms with Crippen molar-refractivity contribution in [2.75, 3.05) is 18.4 Å². The zero-order valence-electron chi connectivity index (χ0n) is 16.0. The molecule has 0 spiro atoms. The molecular weight excluding hydrogens is 376 g/mol. The summed E-state index contributed by atoms with van der Waals surface area (Å²) in [6, 6.07) is 7.59. The topological polar surface area (TPSA) is 70.4 Å². The smallest absolute Gasteiger partial charge is 0.228 e. The fraction of sp³-hybridized carbons (Fsp3) is 0.524. The highest BCUT2D eigenvalue weighted by atomic mass is 35.5. The summed E-state index contributed by atoms with van der Waals surface area (Å²) in [6.07, 6.45) is 8.05. The molecule has 0 radical (unpaired) electrons. The van der Waals surface area contributed by atoms with Crippen LogP contribution in [0.3, 0.4) is 0 Å². The molecule has 2 N–H and O–H groups in total. The molecule has 28 heavy (non-hydrogen) atoms. The summed E-state index contributed by atoms with van der Waals surface area (Å²) in [7, 11) is 0. The van der Waals surface area contributed by atoms with Crippen LogP contribution in [0.2, 0.25) is 5.02 Å². The summed E-state index contributed by atoms with van der Waals surface area (Å²) in [4.78, 5) is 14.9. The number of amides is 1. The molecule has 0 unspecified atom stereocenters. The number of carbonyl (C=O) groups excluding carboxylic acids is 1. The molecule has 1 saturated carbocycles. The molecule has 6 nitrogen and oxygen atoms in total. The number of aromatic nitrogens is 2. The van der Waals surface area contributed by atoms with Crippen molar-refractivity contribution in [1.82, 2.24) is 14.7 Å². The Balaban J connectivity index is 1.33. The molecule has 0 atom stereocenters. The molecule has 1 amide bonds. The fourth-order valence-electron chi connectivity index (χ4n) is 4.35. The SMILES string of the molecule is O=C(Nc1ccnn1C1CCN(Cc2ccc(O)c(Cl)c2)CC1)C1CCCC1. The van der Waals surface area contributed by atoms with E-state index in [9.17, 15) is 9.90 Å². The number of halogens is 1. The average Bonchev–Trinajstić information content (AvgIpc) is 3.37. The number of phenolic OH excluding ortho intramolecular Hbond substituents is 1. The average molecular weight is 403 g/mol. The summed E-state index contributed by atoms with van der Waals surface area (Å²) in [6.45, 7) is 2.73. The number of nitrogens with zero attached hydrogens (tertiary/aromatic N) is 3. The van der Waals surface area contributed by atoms with Gasteiger partial charge in [0.2, 0.25) is 5.91 Å². The van der Waals surface area contributed by atoms with Crippen LogP contribution in [0.1, 0.15) is 50.1 Å². The van der Waals surface area contributed by atoms with Gasteiger partial charge in [-0.05, 0) is 43.4 Å². The van der Waals surface area contributed by atoms with Crippen LogP contribution in [0.15, 0.2) is 30.5 Å². The van der Waals surface area contributed by atoms with E-state index in [0.717, 1.165) is 69.5 Å². The number of anilines is 1. The molecule has 2 heterocycles. The second-order valence-corrected chi connectivity index (χ2v) is 8.33. The van der Waals surface area contributed by atoms with E-state index in [2.05, 4.69) is 15.3 Å². The lowest BCUT2D eigenvalue weighted by atomic mass is 10.0. The third-order valence-electron chi connectivity index (χ3n) is 5.97. The third-order valence-corrected chi connectivity index (χ3v) is 6.27. The molecule has 2 aromatic rings. The minimum absolute atomic E-state index is 0.120. The van der Waals surface area contributed by atoms with Crippen molar-refractivity contribution < 1.29 is 9.90 Å². The van der Waals surface area contributed by atoms with Gasteiger partial charge in [-0.2, -0.15) is 5.10 Å². The normalized spacial score (nSPS) is 19.2. The Kier molecular flexibility index (Phi) is 5.87. The van der Waals surface area contributed by atoms with Crippen molar-refractivity contribution in [1.29, 1.82) is 0 Å². The molecule has 1 aliphatic carbocycles. The summed E-state index contributed by atoms with van der Waals surface area (Å²) in [5.74, 6) is 1.24. The Bertz CT molecular complexity index is 824. The number of phenols is 1. The monoisotopic (exact) mass is 402 g/mol. The summed E-state index contributed by atoms with van der Waals surface area (Å²) in [5.41, 5.74) is 1.10. The first-order chi connectivity index (χ1) is 13.6. The first kappa shape index (κ1) is 19.3. The molecule has 2 aliphatic rings. The molecule has 7 heteroatoms. The van der Waals surface area contributed by atoms with E-state index in [1.165, 1.54) is 0 Å². The predicted octanol–water partition coefficient (Wildman–Crippen LogP) is 4.21. The minimum atomic E-state index is 0.120. The number of carbonyl (C=O) groups is 1. The van der Waals surface area contributed by atoms with Gasteiger partial charge in [0.05, 0.1) is 17.3 Å². The lowest BCUT2D eigenvalue weighted by Crippen LogP contribution is -2.35. The van der Waals surface area contributed by atoms with Crippen LogP contribution in [-0.2, 0) is 11.3 Å². The van der Waals surface area contributed by atoms with E-state index in [-0.39, 0.29) is 17.6 Å². The fourth-order valence-corrected chi connectivity index (χ4v) is 4.55. The van der Waals surface area contributed by atoms with Crippen LogP contribution in [0, 0.1) is 5.92 Å². The summed E-state index contributed by atoms with van der Waals surface area (Å²) < 4.78 is 1.99. The second-order valence-electron chi connectivity index (χ2n) is 7.92. The van der Waals surface area contributed by atoms with E-state index >= 15 is 0 Å². The maximum absolute atomic E-state index is 12.5. The standard InChI is InChI=1S/C21H27ClN4O2/c22-18-13-15(5-6-19(18)27)14-25-11-8-17(9-12-25)26-20(7-10-23-26)24-21(28)16-3-1-2-4-16/h5-7,10,13,16-17,27H,1-4,8-9,11-12,14H2,(H,24,28). The maximum Gasteiger partial charge on any atom is 0.228 e. The number of likely N-dealkylation sites (tertiary alicyclic amines) is 1. The molecule has 0 bridgehead atoms. The van der Waals surface area contributed by atoms with E-state index in [1.54, 1.807) is 12.3 Å². The Labute approximate surface area is 170 Å². The van der Waals surface area contributed by atoms with Gasteiger partial charge in [0.25, 0.3) is 0 Å². The zero-order chi connectivity index (χ0) is 19.5. The molecule has 1 aromatic carbocycles. The minimum Gasteiger partial charge on any atom is -0.506 e. The molecule has 150 valence electrons. The van der Waals surface area contributed by atoms with Crippen LogP contribution in [-0.4, -0.2) is 38.8 Å². The van der Waals surface area contributed by atoms with Crippen molar-refractivity contribution in [2.45, 2.75) is 51.1 Å². The van der Waals surface area contributed by atoms with Gasteiger partial charge in [0.1, 0.15) is 11.6 Å². The van der Waals surface area contributed by atoms with E-state index in [0.29, 0.717) is 11.1 Å². The number of rotatable bonds is 5. The molecule has 4 rings (SSSR count). The Morgan fingerprint density at radius 1 is 1.18 bits per heavy atom. The van der Waals surface area contributed by atoms with E-state index in [4.69, 9.17) is 11.6 Å². The second kappa shape index (κ2) is 8.53. The van der Waals surface area contributed by atoms with Gasteiger partial charge < -0.3 is 10.4 Å². The Hall–Kier alpha value is -2.05. The van der Waals surface area contributed by atoms with Gasteiger partial charge >= 0.3 is 0 Å². The van der Waals surface area contributed by atoms with Crippen LogP contribution in [0.4, 0.5) is 5.82 Å². The lowest BCUT2D eigenvalue weighted by Gasteiger charge is -2.32. The maximum atomic E-state index is 12.5. The van der Waals surface area contributed by atoms with Gasteiger partial charge in [-0.3, -0.25) is 9.69 Å². The van der Waals surface area contributed by atoms with Gasteiger partial charge in [0, 0.05) is 31.6 Å². The van der Waals surface area contributed by atoms with Gasteiger partial charge in [-0.1, -0.05) is 30.5 Å². The molecule has 1 aliphatic heterocycles. The van der Waals surface area contributed by atoms with Gasteiger partial charge in [-0.25, -0.2) is 4.68 Å². The molecule has 1 saturated heterocycles. The number of nitrogens with one attached hydrogen (secondary N) is 1. The van der Waals surface area contributed by atoms with Crippen LogP contribution >= 0.6 is 11.6 Å². The summed E-state index contributed by atoms with van der Waals surface area (Å²) in [5, 5.41) is 17.5.